The van der Waals surface area contributed by atoms with E-state index in [4.69, 9.17) is 9.22 Å². The van der Waals surface area contributed by atoms with Crippen molar-refractivity contribution in [3.05, 3.63) is 63.7 Å². The Hall–Kier alpha value is -3.40. The summed E-state index contributed by atoms with van der Waals surface area (Å²) in [5.74, 6) is -8.74. The maximum absolute atomic E-state index is 14.6. The highest BCUT2D eigenvalue weighted by molar-refractivity contribution is 7.12. The summed E-state index contributed by atoms with van der Waals surface area (Å²) in [5, 5.41) is 12.2. The summed E-state index contributed by atoms with van der Waals surface area (Å²) in [6, 6.07) is 5.78. The van der Waals surface area contributed by atoms with Gasteiger partial charge in [0.15, 0.2) is 11.6 Å². The summed E-state index contributed by atoms with van der Waals surface area (Å²) in [6.07, 6.45) is 0. The van der Waals surface area contributed by atoms with Crippen LogP contribution in [0, 0.1) is 17.6 Å². The second kappa shape index (κ2) is 7.69. The summed E-state index contributed by atoms with van der Waals surface area (Å²) in [6.45, 7) is 0. The van der Waals surface area contributed by atoms with Crippen LogP contribution in [0.15, 0.2) is 35.7 Å². The Morgan fingerprint density at radius 1 is 1.25 bits per heavy atom. The van der Waals surface area contributed by atoms with E-state index in [1.54, 1.807) is 0 Å². The molecule has 0 aliphatic heterocycles. The molecule has 1 amide bonds. The highest BCUT2D eigenvalue weighted by Gasteiger charge is 2.25. The highest BCUT2D eigenvalue weighted by Crippen LogP contribution is 2.32. The predicted molar refractivity (Wildman–Crippen MR) is 95.3 cm³/mol. The van der Waals surface area contributed by atoms with E-state index in [-0.39, 0.29) is 21.8 Å². The quantitative estimate of drug-likeness (QED) is 0.615. The molecule has 3 aromatic rings. The number of ether oxygens (including phenoxy) is 1. The minimum atomic E-state index is -2.82. The van der Waals surface area contributed by atoms with Crippen molar-refractivity contribution in [1.82, 2.24) is 4.98 Å². The van der Waals surface area contributed by atoms with Crippen LogP contribution in [0.4, 0.5) is 19.0 Å². The predicted octanol–water partition coefficient (Wildman–Crippen LogP) is 4.19. The van der Waals surface area contributed by atoms with Crippen LogP contribution in [0.2, 0.25) is 0 Å². The molecule has 0 bridgehead atoms. The Morgan fingerprint density at radius 3 is 2.75 bits per heavy atom. The average molecular weight is 411 g/mol. The fraction of sp³-hybridized carbons (Fsp3) is 0.0556. The first-order valence-electron chi connectivity index (χ1n) is 8.94. The van der Waals surface area contributed by atoms with Gasteiger partial charge >= 0.3 is 5.97 Å². The molecule has 6 nitrogen and oxygen atoms in total. The summed E-state index contributed by atoms with van der Waals surface area (Å²) in [5.41, 5.74) is -1.50. The number of halogens is 3. The minimum absolute atomic E-state index is 0.243. The largest absolute Gasteiger partial charge is 0.497 e. The molecule has 2 heterocycles. The van der Waals surface area contributed by atoms with E-state index in [0.29, 0.717) is 0 Å². The fourth-order valence-corrected chi connectivity index (χ4v) is 3.11. The Balaban J connectivity index is 1.96. The molecule has 1 aromatic carbocycles. The standard InChI is InChI=1S/C18H11F3N2O4S/c1-27-9-4-2-3-8(7-9)11-12(19)13(20)16(22-15(11)21)23-17(24)10-5-6-28-14(10)18(25)26/h2-7H,1H3,(H,25,26)(H,22,23,24)/i1D3. The van der Waals surface area contributed by atoms with Crippen LogP contribution in [0.1, 0.15) is 24.1 Å². The van der Waals surface area contributed by atoms with Crippen LogP contribution < -0.4 is 10.1 Å². The van der Waals surface area contributed by atoms with Gasteiger partial charge in [-0.25, -0.2) is 9.18 Å². The number of benzene rings is 1. The summed E-state index contributed by atoms with van der Waals surface area (Å²) in [4.78, 5) is 26.2. The van der Waals surface area contributed by atoms with Crippen molar-refractivity contribution in [1.29, 1.82) is 0 Å². The number of carbonyl (C=O) groups excluding carboxylic acids is 1. The lowest BCUT2D eigenvalue weighted by atomic mass is 10.1. The van der Waals surface area contributed by atoms with Gasteiger partial charge < -0.3 is 15.2 Å². The molecule has 0 aliphatic carbocycles. The van der Waals surface area contributed by atoms with Gasteiger partial charge in [-0.2, -0.15) is 13.8 Å². The molecule has 0 saturated heterocycles. The lowest BCUT2D eigenvalue weighted by Crippen LogP contribution is -2.17. The SMILES string of the molecule is [2H]C([2H])([2H])Oc1cccc(-c2c(F)nc(NC(=O)c3ccsc3C(=O)O)c(F)c2F)c1. The van der Waals surface area contributed by atoms with E-state index in [2.05, 4.69) is 9.72 Å². The van der Waals surface area contributed by atoms with E-state index < -0.39 is 47.9 Å². The Morgan fingerprint density at radius 2 is 2.04 bits per heavy atom. The van der Waals surface area contributed by atoms with Gasteiger partial charge in [0.25, 0.3) is 5.91 Å². The van der Waals surface area contributed by atoms with Crippen molar-refractivity contribution in [2.24, 2.45) is 0 Å². The van der Waals surface area contributed by atoms with Crippen LogP contribution in [-0.4, -0.2) is 29.0 Å². The third-order valence-corrected chi connectivity index (χ3v) is 4.52. The van der Waals surface area contributed by atoms with E-state index in [0.717, 1.165) is 23.5 Å². The molecule has 28 heavy (non-hydrogen) atoms. The number of hydrogen-bond acceptors (Lipinski definition) is 5. The van der Waals surface area contributed by atoms with Gasteiger partial charge in [0.2, 0.25) is 11.8 Å². The molecule has 0 fully saturated rings. The Labute approximate surface area is 164 Å². The normalized spacial score (nSPS) is 12.6. The zero-order valence-electron chi connectivity index (χ0n) is 16.6. The van der Waals surface area contributed by atoms with Crippen molar-refractivity contribution in [3.63, 3.8) is 0 Å². The number of aromatic carboxylic acids is 1. The molecule has 0 radical (unpaired) electrons. The minimum Gasteiger partial charge on any atom is -0.497 e. The summed E-state index contributed by atoms with van der Waals surface area (Å²) < 4.78 is 69.5. The number of thiophene rings is 1. The summed E-state index contributed by atoms with van der Waals surface area (Å²) >= 11 is 0.737. The topological polar surface area (TPSA) is 88.5 Å². The number of pyridine rings is 1. The van der Waals surface area contributed by atoms with Gasteiger partial charge in [-0.1, -0.05) is 12.1 Å². The monoisotopic (exact) mass is 411 g/mol. The molecule has 0 atom stereocenters. The van der Waals surface area contributed by atoms with Crippen LogP contribution in [-0.2, 0) is 0 Å². The number of nitrogens with one attached hydrogen (secondary N) is 1. The molecule has 0 unspecified atom stereocenters. The van der Waals surface area contributed by atoms with Crippen molar-refractivity contribution >= 4 is 29.0 Å². The molecule has 0 saturated carbocycles. The lowest BCUT2D eigenvalue weighted by molar-refractivity contribution is 0.0698. The summed E-state index contributed by atoms with van der Waals surface area (Å²) in [7, 11) is -2.82. The van der Waals surface area contributed by atoms with Crippen LogP contribution in [0.5, 0.6) is 5.75 Å². The van der Waals surface area contributed by atoms with Crippen molar-refractivity contribution in [2.45, 2.75) is 0 Å². The molecular formula is C18H11F3N2O4S. The number of anilines is 1. The smallest absolute Gasteiger partial charge is 0.346 e. The maximum atomic E-state index is 14.6. The van der Waals surface area contributed by atoms with Crippen LogP contribution >= 0.6 is 11.3 Å². The number of nitrogens with zero attached hydrogens (tertiary/aromatic N) is 1. The zero-order valence-corrected chi connectivity index (χ0v) is 14.4. The van der Waals surface area contributed by atoms with Gasteiger partial charge in [0, 0.05) is 0 Å². The van der Waals surface area contributed by atoms with Gasteiger partial charge in [-0.3, -0.25) is 4.79 Å². The number of aromatic nitrogens is 1. The first-order chi connectivity index (χ1) is 14.5. The van der Waals surface area contributed by atoms with Crippen molar-refractivity contribution < 1.29 is 36.7 Å². The van der Waals surface area contributed by atoms with E-state index >= 15 is 0 Å². The van der Waals surface area contributed by atoms with Crippen molar-refractivity contribution in [3.8, 4) is 16.9 Å². The van der Waals surface area contributed by atoms with Crippen LogP contribution in [0.25, 0.3) is 11.1 Å². The zero-order chi connectivity index (χ0) is 22.9. The number of carboxylic acid groups (broad SMARTS) is 1. The first-order valence-corrected chi connectivity index (χ1v) is 8.32. The molecule has 0 aliphatic rings. The molecule has 2 N–H and O–H groups in total. The third kappa shape index (κ3) is 3.54. The van der Waals surface area contributed by atoms with Gasteiger partial charge in [0.1, 0.15) is 10.6 Å². The van der Waals surface area contributed by atoms with Gasteiger partial charge in [0.05, 0.1) is 22.3 Å². The van der Waals surface area contributed by atoms with Gasteiger partial charge in [-0.15, -0.1) is 11.3 Å². The molecule has 0 spiro atoms. The van der Waals surface area contributed by atoms with E-state index in [1.165, 1.54) is 23.6 Å². The second-order valence-electron chi connectivity index (χ2n) is 5.31. The lowest BCUT2D eigenvalue weighted by Gasteiger charge is -2.11. The van der Waals surface area contributed by atoms with Crippen LogP contribution in [0.3, 0.4) is 0 Å². The molecule has 3 rings (SSSR count). The number of amides is 1. The number of hydrogen-bond donors (Lipinski definition) is 2. The Kier molecular flexibility index (Phi) is 4.29. The number of rotatable bonds is 5. The number of methoxy groups -OCH3 is 1. The van der Waals surface area contributed by atoms with Crippen molar-refractivity contribution in [2.75, 3.05) is 12.4 Å². The third-order valence-electron chi connectivity index (χ3n) is 3.61. The second-order valence-corrected chi connectivity index (χ2v) is 6.22. The molecule has 10 heteroatoms. The highest BCUT2D eigenvalue weighted by atomic mass is 32.1. The number of carbonyl (C=O) groups is 2. The van der Waals surface area contributed by atoms with E-state index in [9.17, 15) is 22.8 Å². The van der Waals surface area contributed by atoms with Gasteiger partial charge in [-0.05, 0) is 29.1 Å². The Bertz CT molecular complexity index is 1180. The molecule has 2 aromatic heterocycles. The fourth-order valence-electron chi connectivity index (χ4n) is 2.38. The molecular weight excluding hydrogens is 397 g/mol. The molecule has 144 valence electrons. The number of carboxylic acids is 1. The maximum Gasteiger partial charge on any atom is 0.346 e. The van der Waals surface area contributed by atoms with E-state index in [1.807, 2.05) is 5.32 Å². The average Bonchev–Trinajstić information content (AvgIpc) is 3.15. The first kappa shape index (κ1) is 15.6.